The molecule has 2 aromatic rings. The quantitative estimate of drug-likeness (QED) is 0.875. The summed E-state index contributed by atoms with van der Waals surface area (Å²) >= 11 is 0. The molecule has 1 aliphatic rings. The predicted octanol–water partition coefficient (Wildman–Crippen LogP) is 2.37. The first-order valence-electron chi connectivity index (χ1n) is 6.78. The number of benzene rings is 1. The van der Waals surface area contributed by atoms with Gasteiger partial charge in [-0.1, -0.05) is 0 Å². The number of imidazole rings is 1. The molecule has 1 saturated heterocycles. The van der Waals surface area contributed by atoms with Gasteiger partial charge in [0, 0.05) is 19.1 Å². The van der Waals surface area contributed by atoms with Gasteiger partial charge < -0.3 is 15.2 Å². The Hall–Kier alpha value is -1.37. The van der Waals surface area contributed by atoms with Gasteiger partial charge in [-0.05, 0) is 32.0 Å². The number of carbonyl (C=O) groups excluding carboxylic acids is 1. The molecular weight excluding hydrogens is 330 g/mol. The molecule has 0 radical (unpaired) electrons. The van der Waals surface area contributed by atoms with E-state index in [2.05, 4.69) is 15.3 Å². The number of H-pyrrole nitrogens is 1. The summed E-state index contributed by atoms with van der Waals surface area (Å²) in [6.07, 6.45) is 3.49. The minimum absolute atomic E-state index is 0. The molecule has 8 heteroatoms. The molecule has 2 N–H and O–H groups in total. The number of hydrogen-bond donors (Lipinski definition) is 2. The Labute approximate surface area is 140 Å². The summed E-state index contributed by atoms with van der Waals surface area (Å²) in [5, 5.41) is 3.19. The van der Waals surface area contributed by atoms with Gasteiger partial charge in [0.05, 0.1) is 17.4 Å². The molecule has 122 valence electrons. The zero-order valence-corrected chi connectivity index (χ0v) is 13.8. The Morgan fingerprint density at radius 2 is 2.23 bits per heavy atom. The summed E-state index contributed by atoms with van der Waals surface area (Å²) < 4.78 is 13.6. The Kier molecular flexibility index (Phi) is 6.59. The molecule has 0 spiro atoms. The minimum Gasteiger partial charge on any atom is -0.344 e. The number of hydrogen-bond acceptors (Lipinski definition) is 3. The standard InChI is InChI=1S/C14H17FN4O.2ClH/c1-16-10-3-2-4-19(7-10)14(20)11-5-9(15)6-12-13(11)18-8-17-12;;/h5-6,8,10,16H,2-4,7H2,1H3,(H,17,18);2*1H. The van der Waals surface area contributed by atoms with Crippen LogP contribution in [0.15, 0.2) is 18.5 Å². The second-order valence-corrected chi connectivity index (χ2v) is 5.13. The maximum Gasteiger partial charge on any atom is 0.256 e. The molecule has 1 aromatic heterocycles. The van der Waals surface area contributed by atoms with Crippen LogP contribution in [0.3, 0.4) is 0 Å². The fourth-order valence-electron chi connectivity index (χ4n) is 2.75. The van der Waals surface area contributed by atoms with E-state index in [1.54, 1.807) is 4.90 Å². The second-order valence-electron chi connectivity index (χ2n) is 5.13. The highest BCUT2D eigenvalue weighted by Crippen LogP contribution is 2.21. The number of likely N-dealkylation sites (N-methyl/N-ethyl adjacent to an activating group) is 1. The zero-order valence-electron chi connectivity index (χ0n) is 12.1. The number of nitrogens with zero attached hydrogens (tertiary/aromatic N) is 2. The molecule has 1 aliphatic heterocycles. The predicted molar refractivity (Wildman–Crippen MR) is 88.5 cm³/mol. The van der Waals surface area contributed by atoms with Crippen molar-refractivity contribution in [1.82, 2.24) is 20.2 Å². The number of rotatable bonds is 2. The van der Waals surface area contributed by atoms with Gasteiger partial charge in [-0.2, -0.15) is 0 Å². The van der Waals surface area contributed by atoms with Crippen molar-refractivity contribution in [2.24, 2.45) is 0 Å². The van der Waals surface area contributed by atoms with Crippen molar-refractivity contribution in [3.63, 3.8) is 0 Å². The maximum atomic E-state index is 13.6. The molecule has 1 fully saturated rings. The van der Waals surface area contributed by atoms with E-state index in [1.807, 2.05) is 7.05 Å². The smallest absolute Gasteiger partial charge is 0.256 e. The lowest BCUT2D eigenvalue weighted by molar-refractivity contribution is 0.0699. The van der Waals surface area contributed by atoms with Crippen LogP contribution in [0.25, 0.3) is 11.0 Å². The molecular formula is C14H19Cl2FN4O. The minimum atomic E-state index is -0.424. The van der Waals surface area contributed by atoms with Crippen LogP contribution in [0.4, 0.5) is 4.39 Å². The SMILES string of the molecule is CNC1CCCN(C(=O)c2cc(F)cc3[nH]cnc23)C1.Cl.Cl. The van der Waals surface area contributed by atoms with Crippen molar-refractivity contribution >= 4 is 41.8 Å². The van der Waals surface area contributed by atoms with Crippen LogP contribution < -0.4 is 5.32 Å². The van der Waals surface area contributed by atoms with Crippen LogP contribution in [0.1, 0.15) is 23.2 Å². The number of nitrogens with one attached hydrogen (secondary N) is 2. The molecule has 0 saturated carbocycles. The van der Waals surface area contributed by atoms with E-state index in [-0.39, 0.29) is 30.7 Å². The van der Waals surface area contributed by atoms with Crippen LogP contribution >= 0.6 is 24.8 Å². The molecule has 3 rings (SSSR count). The second kappa shape index (κ2) is 7.76. The largest absolute Gasteiger partial charge is 0.344 e. The van der Waals surface area contributed by atoms with Crippen LogP contribution in [0, 0.1) is 5.82 Å². The van der Waals surface area contributed by atoms with Gasteiger partial charge in [-0.3, -0.25) is 4.79 Å². The zero-order chi connectivity index (χ0) is 14.1. The number of aromatic nitrogens is 2. The molecule has 5 nitrogen and oxygen atoms in total. The van der Waals surface area contributed by atoms with Crippen molar-refractivity contribution in [3.05, 3.63) is 29.8 Å². The lowest BCUT2D eigenvalue weighted by atomic mass is 10.0. The monoisotopic (exact) mass is 348 g/mol. The molecule has 0 bridgehead atoms. The molecule has 1 aromatic carbocycles. The van der Waals surface area contributed by atoms with E-state index >= 15 is 0 Å². The van der Waals surface area contributed by atoms with Crippen molar-refractivity contribution in [1.29, 1.82) is 0 Å². The van der Waals surface area contributed by atoms with Gasteiger partial charge in [-0.25, -0.2) is 9.37 Å². The Balaban J connectivity index is 0.00000121. The molecule has 22 heavy (non-hydrogen) atoms. The maximum absolute atomic E-state index is 13.6. The first kappa shape index (κ1) is 18.7. The van der Waals surface area contributed by atoms with E-state index in [1.165, 1.54) is 18.5 Å². The number of fused-ring (bicyclic) bond motifs is 1. The van der Waals surface area contributed by atoms with E-state index in [4.69, 9.17) is 0 Å². The highest BCUT2D eigenvalue weighted by atomic mass is 35.5. The van der Waals surface area contributed by atoms with Crippen molar-refractivity contribution in [2.45, 2.75) is 18.9 Å². The van der Waals surface area contributed by atoms with Gasteiger partial charge in [0.1, 0.15) is 11.3 Å². The lowest BCUT2D eigenvalue weighted by Gasteiger charge is -2.32. The van der Waals surface area contributed by atoms with Crippen molar-refractivity contribution in [2.75, 3.05) is 20.1 Å². The first-order chi connectivity index (χ1) is 9.69. The van der Waals surface area contributed by atoms with Gasteiger partial charge >= 0.3 is 0 Å². The number of aromatic amines is 1. The number of likely N-dealkylation sites (tertiary alicyclic amines) is 1. The topological polar surface area (TPSA) is 61.0 Å². The summed E-state index contributed by atoms with van der Waals surface area (Å²) in [5.41, 5.74) is 1.41. The van der Waals surface area contributed by atoms with Gasteiger partial charge in [-0.15, -0.1) is 24.8 Å². The van der Waals surface area contributed by atoms with Crippen LogP contribution in [-0.2, 0) is 0 Å². The van der Waals surface area contributed by atoms with E-state index in [0.717, 1.165) is 12.8 Å². The average molecular weight is 349 g/mol. The van der Waals surface area contributed by atoms with E-state index in [9.17, 15) is 9.18 Å². The summed E-state index contributed by atoms with van der Waals surface area (Å²) in [5.74, 6) is -0.575. The van der Waals surface area contributed by atoms with Crippen molar-refractivity contribution in [3.8, 4) is 0 Å². The third-order valence-corrected chi connectivity index (χ3v) is 3.84. The fourth-order valence-corrected chi connectivity index (χ4v) is 2.75. The molecule has 0 aliphatic carbocycles. The lowest BCUT2D eigenvalue weighted by Crippen LogP contribution is -2.47. The highest BCUT2D eigenvalue weighted by Gasteiger charge is 2.25. The van der Waals surface area contributed by atoms with Crippen molar-refractivity contribution < 1.29 is 9.18 Å². The van der Waals surface area contributed by atoms with Crippen LogP contribution in [0.2, 0.25) is 0 Å². The van der Waals surface area contributed by atoms with E-state index < -0.39 is 5.82 Å². The molecule has 1 atom stereocenters. The molecule has 1 unspecified atom stereocenters. The number of halogens is 3. The highest BCUT2D eigenvalue weighted by molar-refractivity contribution is 6.04. The van der Waals surface area contributed by atoms with Crippen LogP contribution in [0.5, 0.6) is 0 Å². The average Bonchev–Trinajstić information content (AvgIpc) is 2.93. The summed E-state index contributed by atoms with van der Waals surface area (Å²) in [6, 6.07) is 2.93. The normalized spacial score (nSPS) is 17.7. The van der Waals surface area contributed by atoms with Gasteiger partial charge in [0.15, 0.2) is 0 Å². The van der Waals surface area contributed by atoms with Gasteiger partial charge in [0.2, 0.25) is 0 Å². The Bertz CT molecular complexity index is 649. The summed E-state index contributed by atoms with van der Waals surface area (Å²) in [7, 11) is 1.90. The Morgan fingerprint density at radius 3 is 2.95 bits per heavy atom. The van der Waals surface area contributed by atoms with E-state index in [0.29, 0.717) is 35.7 Å². The Morgan fingerprint density at radius 1 is 1.45 bits per heavy atom. The first-order valence-corrected chi connectivity index (χ1v) is 6.78. The summed E-state index contributed by atoms with van der Waals surface area (Å²) in [6.45, 7) is 1.36. The fraction of sp³-hybridized carbons (Fsp3) is 0.429. The third-order valence-electron chi connectivity index (χ3n) is 3.84. The summed E-state index contributed by atoms with van der Waals surface area (Å²) in [4.78, 5) is 21.3. The third kappa shape index (κ3) is 3.51. The number of piperidine rings is 1. The number of amides is 1. The van der Waals surface area contributed by atoms with Gasteiger partial charge in [0.25, 0.3) is 5.91 Å². The van der Waals surface area contributed by atoms with Crippen LogP contribution in [-0.4, -0.2) is 47.0 Å². The molecule has 2 heterocycles. The number of carbonyl (C=O) groups is 1. The molecule has 1 amide bonds.